The molecule has 0 bridgehead atoms. The van der Waals surface area contributed by atoms with Crippen molar-refractivity contribution in [2.45, 2.75) is 56.8 Å². The average molecular weight is 280 g/mol. The molecule has 1 heterocycles. The van der Waals surface area contributed by atoms with Gasteiger partial charge in [0.15, 0.2) is 0 Å². The lowest BCUT2D eigenvalue weighted by Gasteiger charge is -2.23. The van der Waals surface area contributed by atoms with E-state index < -0.39 is 0 Å². The first kappa shape index (κ1) is 13.4. The molecule has 0 amide bonds. The van der Waals surface area contributed by atoms with E-state index in [1.807, 2.05) is 12.1 Å². The van der Waals surface area contributed by atoms with E-state index in [2.05, 4.69) is 17.4 Å². The summed E-state index contributed by atoms with van der Waals surface area (Å²) in [6, 6.07) is 8.03. The van der Waals surface area contributed by atoms with Crippen LogP contribution in [0.2, 0.25) is 5.02 Å². The van der Waals surface area contributed by atoms with Crippen LogP contribution in [-0.2, 0) is 11.3 Å². The Hall–Kier alpha value is -0.570. The standard InChI is InChI=1S/C16H22ClNO/c17-14-5-3-13(4-6-14)11-18-12-15-7-10-16(19-15)8-1-2-9-16/h3-6,15,18H,1-2,7-12H2. The summed E-state index contributed by atoms with van der Waals surface area (Å²) in [5.41, 5.74) is 1.53. The van der Waals surface area contributed by atoms with Crippen molar-refractivity contribution in [2.24, 2.45) is 0 Å². The molecule has 1 saturated carbocycles. The van der Waals surface area contributed by atoms with E-state index >= 15 is 0 Å². The third kappa shape index (κ3) is 3.31. The van der Waals surface area contributed by atoms with Gasteiger partial charge in [0, 0.05) is 18.1 Å². The van der Waals surface area contributed by atoms with Crippen molar-refractivity contribution >= 4 is 11.6 Å². The Morgan fingerprint density at radius 2 is 1.89 bits per heavy atom. The van der Waals surface area contributed by atoms with Crippen LogP contribution < -0.4 is 5.32 Å². The van der Waals surface area contributed by atoms with Gasteiger partial charge in [-0.1, -0.05) is 36.6 Å². The molecule has 3 heteroatoms. The van der Waals surface area contributed by atoms with Crippen LogP contribution in [0.4, 0.5) is 0 Å². The van der Waals surface area contributed by atoms with E-state index in [1.54, 1.807) is 0 Å². The zero-order chi connectivity index (χ0) is 13.1. The number of halogens is 1. The molecule has 1 unspecified atom stereocenters. The smallest absolute Gasteiger partial charge is 0.0708 e. The third-order valence-corrected chi connectivity index (χ3v) is 4.72. The number of benzene rings is 1. The summed E-state index contributed by atoms with van der Waals surface area (Å²) in [5.74, 6) is 0. The van der Waals surface area contributed by atoms with Gasteiger partial charge in [-0.25, -0.2) is 0 Å². The Morgan fingerprint density at radius 3 is 2.63 bits per heavy atom. The van der Waals surface area contributed by atoms with Gasteiger partial charge in [0.25, 0.3) is 0 Å². The Labute approximate surface area is 120 Å². The van der Waals surface area contributed by atoms with Gasteiger partial charge < -0.3 is 10.1 Å². The molecular formula is C16H22ClNO. The minimum absolute atomic E-state index is 0.257. The molecule has 2 nitrogen and oxygen atoms in total. The van der Waals surface area contributed by atoms with Crippen LogP contribution in [0.5, 0.6) is 0 Å². The first-order valence-corrected chi connectivity index (χ1v) is 7.77. The van der Waals surface area contributed by atoms with Gasteiger partial charge in [-0.15, -0.1) is 0 Å². The van der Waals surface area contributed by atoms with Crippen molar-refractivity contribution < 1.29 is 4.74 Å². The molecule has 1 saturated heterocycles. The van der Waals surface area contributed by atoms with E-state index in [0.29, 0.717) is 6.10 Å². The van der Waals surface area contributed by atoms with Crippen molar-refractivity contribution in [1.29, 1.82) is 0 Å². The maximum absolute atomic E-state index is 6.28. The number of hydrogen-bond acceptors (Lipinski definition) is 2. The minimum Gasteiger partial charge on any atom is -0.370 e. The zero-order valence-corrected chi connectivity index (χ0v) is 12.1. The second-order valence-electron chi connectivity index (χ2n) is 5.93. The summed E-state index contributed by atoms with van der Waals surface area (Å²) < 4.78 is 6.28. The summed E-state index contributed by atoms with van der Waals surface area (Å²) in [4.78, 5) is 0. The molecule has 2 aliphatic rings. The molecular weight excluding hydrogens is 258 g/mol. The Morgan fingerprint density at radius 1 is 1.16 bits per heavy atom. The molecule has 1 atom stereocenters. The van der Waals surface area contributed by atoms with Crippen LogP contribution in [0.1, 0.15) is 44.1 Å². The van der Waals surface area contributed by atoms with E-state index in [-0.39, 0.29) is 5.60 Å². The molecule has 0 radical (unpaired) electrons. The highest BCUT2D eigenvalue weighted by Crippen LogP contribution is 2.43. The molecule has 1 spiro atoms. The Bertz CT molecular complexity index is 411. The predicted molar refractivity (Wildman–Crippen MR) is 78.5 cm³/mol. The molecule has 19 heavy (non-hydrogen) atoms. The van der Waals surface area contributed by atoms with Gasteiger partial charge >= 0.3 is 0 Å². The lowest BCUT2D eigenvalue weighted by molar-refractivity contribution is -0.0351. The number of ether oxygens (including phenoxy) is 1. The monoisotopic (exact) mass is 279 g/mol. The first-order valence-electron chi connectivity index (χ1n) is 7.39. The van der Waals surface area contributed by atoms with Crippen LogP contribution in [0, 0.1) is 0 Å². The molecule has 1 aliphatic heterocycles. The van der Waals surface area contributed by atoms with Gasteiger partial charge in [0.2, 0.25) is 0 Å². The van der Waals surface area contributed by atoms with Crippen LogP contribution in [0.15, 0.2) is 24.3 Å². The molecule has 0 aromatic heterocycles. The number of nitrogens with one attached hydrogen (secondary N) is 1. The maximum atomic E-state index is 6.28. The van der Waals surface area contributed by atoms with Crippen LogP contribution in [0.25, 0.3) is 0 Å². The van der Waals surface area contributed by atoms with Crippen LogP contribution >= 0.6 is 11.6 Å². The molecule has 3 rings (SSSR count). The first-order chi connectivity index (χ1) is 9.26. The second kappa shape index (κ2) is 5.82. The number of rotatable bonds is 4. The highest BCUT2D eigenvalue weighted by Gasteiger charge is 2.41. The lowest BCUT2D eigenvalue weighted by atomic mass is 9.98. The fraction of sp³-hybridized carbons (Fsp3) is 0.625. The molecule has 1 aromatic carbocycles. The molecule has 104 valence electrons. The summed E-state index contributed by atoms with van der Waals surface area (Å²) in [5, 5.41) is 4.30. The van der Waals surface area contributed by atoms with Crippen molar-refractivity contribution in [1.82, 2.24) is 5.32 Å². The van der Waals surface area contributed by atoms with Crippen LogP contribution in [0.3, 0.4) is 0 Å². The average Bonchev–Trinajstić information content (AvgIpc) is 3.03. The SMILES string of the molecule is Clc1ccc(CNCC2CCC3(CCCC3)O2)cc1. The third-order valence-electron chi connectivity index (χ3n) is 4.47. The summed E-state index contributed by atoms with van der Waals surface area (Å²) in [6.07, 6.45) is 8.15. The zero-order valence-electron chi connectivity index (χ0n) is 11.3. The van der Waals surface area contributed by atoms with Crippen molar-refractivity contribution in [2.75, 3.05) is 6.54 Å². The van der Waals surface area contributed by atoms with Crippen LogP contribution in [-0.4, -0.2) is 18.2 Å². The topological polar surface area (TPSA) is 21.3 Å². The molecule has 1 N–H and O–H groups in total. The van der Waals surface area contributed by atoms with E-state index in [4.69, 9.17) is 16.3 Å². The predicted octanol–water partition coefficient (Wildman–Crippen LogP) is 3.92. The molecule has 1 aliphatic carbocycles. The minimum atomic E-state index is 0.257. The van der Waals surface area contributed by atoms with Gasteiger partial charge in [-0.2, -0.15) is 0 Å². The van der Waals surface area contributed by atoms with E-state index in [1.165, 1.54) is 44.1 Å². The fourth-order valence-electron chi connectivity index (χ4n) is 3.41. The summed E-state index contributed by atoms with van der Waals surface area (Å²) in [6.45, 7) is 1.86. The summed E-state index contributed by atoms with van der Waals surface area (Å²) in [7, 11) is 0. The summed E-state index contributed by atoms with van der Waals surface area (Å²) >= 11 is 5.88. The van der Waals surface area contributed by atoms with E-state index in [0.717, 1.165) is 18.1 Å². The number of hydrogen-bond donors (Lipinski definition) is 1. The quantitative estimate of drug-likeness (QED) is 0.902. The van der Waals surface area contributed by atoms with Crippen molar-refractivity contribution in [3.8, 4) is 0 Å². The van der Waals surface area contributed by atoms with Gasteiger partial charge in [-0.05, 0) is 43.4 Å². The van der Waals surface area contributed by atoms with Gasteiger partial charge in [0.05, 0.1) is 11.7 Å². The van der Waals surface area contributed by atoms with Gasteiger partial charge in [0.1, 0.15) is 0 Å². The Balaban J connectivity index is 1.42. The molecule has 1 aromatic rings. The highest BCUT2D eigenvalue weighted by atomic mass is 35.5. The second-order valence-corrected chi connectivity index (χ2v) is 6.36. The molecule has 2 fully saturated rings. The lowest BCUT2D eigenvalue weighted by Crippen LogP contribution is -2.30. The Kier molecular flexibility index (Phi) is 4.11. The fourth-order valence-corrected chi connectivity index (χ4v) is 3.53. The normalized spacial score (nSPS) is 25.2. The maximum Gasteiger partial charge on any atom is 0.0708 e. The van der Waals surface area contributed by atoms with E-state index in [9.17, 15) is 0 Å². The van der Waals surface area contributed by atoms with Gasteiger partial charge in [-0.3, -0.25) is 0 Å². The van der Waals surface area contributed by atoms with Crippen molar-refractivity contribution in [3.63, 3.8) is 0 Å². The van der Waals surface area contributed by atoms with Crippen molar-refractivity contribution in [3.05, 3.63) is 34.9 Å². The largest absolute Gasteiger partial charge is 0.370 e. The highest BCUT2D eigenvalue weighted by molar-refractivity contribution is 6.30.